The number of hydrogen-bond acceptors (Lipinski definition) is 8. The van der Waals surface area contributed by atoms with Crippen molar-refractivity contribution >= 4 is 17.0 Å². The molecule has 1 aromatic carbocycles. The number of aliphatic hydroxyl groups is 2. The van der Waals surface area contributed by atoms with Crippen LogP contribution in [0.1, 0.15) is 11.8 Å². The fraction of sp³-hybridized carbons (Fsp3) is 0.389. The van der Waals surface area contributed by atoms with Crippen LogP contribution in [0.5, 0.6) is 5.75 Å². The first kappa shape index (κ1) is 18.5. The molecule has 3 heterocycles. The van der Waals surface area contributed by atoms with Crippen molar-refractivity contribution in [3.8, 4) is 5.75 Å². The third-order valence-electron chi connectivity index (χ3n) is 4.72. The Morgan fingerprint density at radius 2 is 2.04 bits per heavy atom. The Morgan fingerprint density at radius 3 is 2.71 bits per heavy atom. The van der Waals surface area contributed by atoms with Gasteiger partial charge in [0, 0.05) is 6.54 Å². The number of hydrogen-bond donors (Lipinski definition) is 3. The van der Waals surface area contributed by atoms with E-state index < -0.39 is 31.2 Å². The molecule has 2 aromatic heterocycles. The van der Waals surface area contributed by atoms with Crippen LogP contribution in [-0.2, 0) is 11.3 Å². The Balaban J connectivity index is 1.56. The lowest BCUT2D eigenvalue weighted by atomic mass is 10.1. The number of anilines is 1. The third-order valence-corrected chi connectivity index (χ3v) is 4.72. The van der Waals surface area contributed by atoms with Crippen LogP contribution >= 0.6 is 0 Å². The molecule has 0 aliphatic carbocycles. The van der Waals surface area contributed by atoms with Crippen LogP contribution in [0, 0.1) is 0 Å². The van der Waals surface area contributed by atoms with E-state index in [1.807, 2.05) is 24.3 Å². The van der Waals surface area contributed by atoms with Gasteiger partial charge < -0.3 is 25.0 Å². The smallest absolute Gasteiger partial charge is 0.167 e. The summed E-state index contributed by atoms with van der Waals surface area (Å²) < 4.78 is 26.1. The molecule has 4 atom stereocenters. The minimum Gasteiger partial charge on any atom is -0.497 e. The summed E-state index contributed by atoms with van der Waals surface area (Å²) in [5.41, 5.74) is 1.88. The van der Waals surface area contributed by atoms with Gasteiger partial charge in [0.1, 0.15) is 24.3 Å². The first-order valence-corrected chi connectivity index (χ1v) is 8.75. The monoisotopic (exact) mass is 389 g/mol. The van der Waals surface area contributed by atoms with Crippen LogP contribution in [0.2, 0.25) is 0 Å². The van der Waals surface area contributed by atoms with Crippen molar-refractivity contribution in [2.75, 3.05) is 19.0 Å². The van der Waals surface area contributed by atoms with E-state index in [0.717, 1.165) is 11.3 Å². The summed E-state index contributed by atoms with van der Waals surface area (Å²) in [4.78, 5) is 12.7. The maximum absolute atomic E-state index is 14.0. The van der Waals surface area contributed by atoms with Gasteiger partial charge in [-0.2, -0.15) is 0 Å². The van der Waals surface area contributed by atoms with E-state index >= 15 is 0 Å². The quantitative estimate of drug-likeness (QED) is 0.573. The van der Waals surface area contributed by atoms with Crippen molar-refractivity contribution in [2.24, 2.45) is 0 Å². The summed E-state index contributed by atoms with van der Waals surface area (Å²) in [6.07, 6.45) is -2.47. The van der Waals surface area contributed by atoms with Crippen LogP contribution < -0.4 is 10.1 Å². The summed E-state index contributed by atoms with van der Waals surface area (Å²) in [6, 6.07) is 7.60. The fourth-order valence-electron chi connectivity index (χ4n) is 3.18. The second kappa shape index (κ2) is 7.66. The number of ether oxygens (including phenoxy) is 2. The molecule has 1 saturated heterocycles. The number of halogens is 1. The van der Waals surface area contributed by atoms with Crippen LogP contribution in [0.4, 0.5) is 10.2 Å². The molecule has 4 rings (SSSR count). The Morgan fingerprint density at radius 1 is 1.25 bits per heavy atom. The molecule has 9 nitrogen and oxygen atoms in total. The molecule has 0 saturated carbocycles. The number of nitrogens with one attached hydrogen (secondary N) is 1. The maximum Gasteiger partial charge on any atom is 0.167 e. The summed E-state index contributed by atoms with van der Waals surface area (Å²) >= 11 is 0. The average molecular weight is 389 g/mol. The Kier molecular flexibility index (Phi) is 5.07. The summed E-state index contributed by atoms with van der Waals surface area (Å²) in [5.74, 6) is 1.27. The topological polar surface area (TPSA) is 115 Å². The van der Waals surface area contributed by atoms with Gasteiger partial charge in [-0.15, -0.1) is 0 Å². The number of imidazole rings is 1. The van der Waals surface area contributed by atoms with Gasteiger partial charge in [-0.1, -0.05) is 12.1 Å². The Hall–Kier alpha value is -2.82. The van der Waals surface area contributed by atoms with Crippen molar-refractivity contribution in [2.45, 2.75) is 31.2 Å². The minimum absolute atomic E-state index is 0.391. The lowest BCUT2D eigenvalue weighted by Crippen LogP contribution is -2.29. The third kappa shape index (κ3) is 3.26. The van der Waals surface area contributed by atoms with Gasteiger partial charge in [0.25, 0.3) is 0 Å². The highest BCUT2D eigenvalue weighted by Gasteiger charge is 2.45. The van der Waals surface area contributed by atoms with Gasteiger partial charge in [-0.05, 0) is 17.7 Å². The number of rotatable bonds is 6. The number of aliphatic hydroxyl groups excluding tert-OH is 2. The molecular weight excluding hydrogens is 369 g/mol. The van der Waals surface area contributed by atoms with Crippen LogP contribution in [0.25, 0.3) is 11.2 Å². The van der Waals surface area contributed by atoms with Crippen LogP contribution in [0.15, 0.2) is 36.9 Å². The van der Waals surface area contributed by atoms with Crippen molar-refractivity contribution in [3.05, 3.63) is 42.5 Å². The Bertz CT molecular complexity index is 951. The highest BCUT2D eigenvalue weighted by molar-refractivity contribution is 5.82. The predicted molar refractivity (Wildman–Crippen MR) is 97.5 cm³/mol. The van der Waals surface area contributed by atoms with E-state index in [1.165, 1.54) is 17.2 Å². The van der Waals surface area contributed by atoms with E-state index in [1.54, 1.807) is 7.11 Å². The first-order chi connectivity index (χ1) is 13.6. The highest BCUT2D eigenvalue weighted by atomic mass is 19.1. The molecular formula is C18H20FN5O4. The zero-order chi connectivity index (χ0) is 19.7. The van der Waals surface area contributed by atoms with E-state index in [2.05, 4.69) is 20.3 Å². The molecule has 0 bridgehead atoms. The normalized spacial score (nSPS) is 24.6. The van der Waals surface area contributed by atoms with Gasteiger partial charge in [0.05, 0.1) is 20.0 Å². The number of nitrogens with zero attached hydrogens (tertiary/aromatic N) is 4. The summed E-state index contributed by atoms with van der Waals surface area (Å²) in [7, 11) is 1.61. The van der Waals surface area contributed by atoms with Gasteiger partial charge >= 0.3 is 0 Å². The second-order valence-corrected chi connectivity index (χ2v) is 6.43. The van der Waals surface area contributed by atoms with Crippen molar-refractivity contribution < 1.29 is 24.1 Å². The molecule has 1 unspecified atom stereocenters. The van der Waals surface area contributed by atoms with E-state index in [4.69, 9.17) is 9.47 Å². The van der Waals surface area contributed by atoms with Crippen LogP contribution in [0.3, 0.4) is 0 Å². The molecule has 0 spiro atoms. The fourth-order valence-corrected chi connectivity index (χ4v) is 3.18. The van der Waals surface area contributed by atoms with Gasteiger partial charge in [0.15, 0.2) is 29.4 Å². The molecule has 0 amide bonds. The van der Waals surface area contributed by atoms with E-state index in [-0.39, 0.29) is 0 Å². The van der Waals surface area contributed by atoms with Gasteiger partial charge in [-0.25, -0.2) is 19.3 Å². The number of methoxy groups -OCH3 is 1. The van der Waals surface area contributed by atoms with E-state index in [0.29, 0.717) is 23.5 Å². The predicted octanol–water partition coefficient (Wildman–Crippen LogP) is 1.04. The second-order valence-electron chi connectivity index (χ2n) is 6.43. The average Bonchev–Trinajstić information content (AvgIpc) is 3.28. The van der Waals surface area contributed by atoms with Crippen LogP contribution in [-0.4, -0.2) is 61.8 Å². The molecule has 1 aliphatic heterocycles. The standard InChI is InChI=1S/C18H20FN5O4/c1-27-11-4-2-10(3-5-11)6-20-16-14-17(22-8-21-16)24(9-23-14)18-15(26)13(19)12(7-25)28-18/h2-5,8-9,12-13,15,18,25-26H,6-7H2,1H3,(H,20,21,22)/t12-,13+,15?,18-/m1/s1. The number of alkyl halides is 1. The Labute approximate surface area is 159 Å². The van der Waals surface area contributed by atoms with Crippen molar-refractivity contribution in [1.29, 1.82) is 0 Å². The summed E-state index contributed by atoms with van der Waals surface area (Å²) in [5, 5.41) is 22.5. The molecule has 1 fully saturated rings. The lowest BCUT2D eigenvalue weighted by molar-refractivity contribution is -0.0495. The summed E-state index contributed by atoms with van der Waals surface area (Å²) in [6.45, 7) is -0.0182. The van der Waals surface area contributed by atoms with Crippen molar-refractivity contribution in [3.63, 3.8) is 0 Å². The molecule has 0 radical (unpaired) electrons. The first-order valence-electron chi connectivity index (χ1n) is 8.75. The van der Waals surface area contributed by atoms with Crippen molar-refractivity contribution in [1.82, 2.24) is 19.5 Å². The SMILES string of the molecule is COc1ccc(CNc2ncnc3c2ncn3[C@@H]2O[C@H](CO)[C@H](F)C2O)cc1. The largest absolute Gasteiger partial charge is 0.497 e. The van der Waals surface area contributed by atoms with E-state index in [9.17, 15) is 14.6 Å². The zero-order valence-corrected chi connectivity index (χ0v) is 15.1. The molecule has 1 aliphatic rings. The molecule has 148 valence electrons. The highest BCUT2D eigenvalue weighted by Crippen LogP contribution is 2.33. The van der Waals surface area contributed by atoms with Gasteiger partial charge in [0.2, 0.25) is 0 Å². The lowest BCUT2D eigenvalue weighted by Gasteiger charge is -2.16. The number of aromatic nitrogens is 4. The molecule has 10 heteroatoms. The molecule has 28 heavy (non-hydrogen) atoms. The minimum atomic E-state index is -1.69. The molecule has 3 N–H and O–H groups in total. The number of fused-ring (bicyclic) bond motifs is 1. The van der Waals surface area contributed by atoms with Gasteiger partial charge in [-0.3, -0.25) is 4.57 Å². The maximum atomic E-state index is 14.0. The molecule has 3 aromatic rings. The zero-order valence-electron chi connectivity index (χ0n) is 15.1. The number of benzene rings is 1.